The molecule has 5 heterocycles. The van der Waals surface area contributed by atoms with Crippen LogP contribution in [0.3, 0.4) is 0 Å². The number of carbonyl (C=O) groups is 2. The van der Waals surface area contributed by atoms with Crippen LogP contribution in [0.15, 0.2) is 92.2 Å². The summed E-state index contributed by atoms with van der Waals surface area (Å²) in [4.78, 5) is 51.0. The Hall–Kier alpha value is -7.88. The lowest BCUT2D eigenvalue weighted by molar-refractivity contribution is -0.127. The summed E-state index contributed by atoms with van der Waals surface area (Å²) < 4.78 is 71.7. The van der Waals surface area contributed by atoms with Gasteiger partial charge in [0.15, 0.2) is 11.6 Å². The van der Waals surface area contributed by atoms with E-state index in [0.717, 1.165) is 22.9 Å². The van der Waals surface area contributed by atoms with Crippen LogP contribution in [0.4, 0.5) is 45.5 Å². The Kier molecular flexibility index (Phi) is 19.9. The van der Waals surface area contributed by atoms with Crippen LogP contribution >= 0.6 is 23.2 Å². The lowest BCUT2D eigenvalue weighted by Gasteiger charge is -2.35. The van der Waals surface area contributed by atoms with E-state index in [2.05, 4.69) is 48.9 Å². The van der Waals surface area contributed by atoms with Gasteiger partial charge in [-0.25, -0.2) is 18.7 Å². The molecule has 2 amide bonds. The van der Waals surface area contributed by atoms with E-state index in [1.807, 2.05) is 81.9 Å². The van der Waals surface area contributed by atoms with Crippen molar-refractivity contribution in [1.82, 2.24) is 44.8 Å². The fourth-order valence-electron chi connectivity index (χ4n) is 9.54. The predicted octanol–water partition coefficient (Wildman–Crippen LogP) is 11.9. The van der Waals surface area contributed by atoms with Gasteiger partial charge in [-0.05, 0) is 85.4 Å². The number of phenols is 1. The molecule has 0 atom stereocenters. The number of benzene rings is 5. The number of aryl methyl sites for hydroxylation is 1. The van der Waals surface area contributed by atoms with Crippen molar-refractivity contribution in [2.24, 2.45) is 0 Å². The van der Waals surface area contributed by atoms with E-state index in [4.69, 9.17) is 28.2 Å². The number of aromatic nitrogens is 6. The van der Waals surface area contributed by atoms with Crippen molar-refractivity contribution in [2.75, 3.05) is 107 Å². The van der Waals surface area contributed by atoms with Crippen molar-refractivity contribution >= 4 is 102 Å². The summed E-state index contributed by atoms with van der Waals surface area (Å²) >= 11 is 13.4. The Morgan fingerprint density at radius 1 is 0.704 bits per heavy atom. The number of likely N-dealkylation sites (N-methyl/N-ethyl adjacent to an activating group) is 1. The molecule has 0 saturated carbocycles. The average Bonchev–Trinajstić information content (AvgIpc) is 4.11. The second kappa shape index (κ2) is 26.6. The number of carbonyl (C=O) groups excluding carboxylic acids is 2. The Balaban J connectivity index is 0.000000220. The molecule has 23 heteroatoms. The molecule has 4 N–H and O–H groups in total. The molecule has 8 aromatic rings. The first kappa shape index (κ1) is 60.8. The molecule has 2 aliphatic rings. The van der Waals surface area contributed by atoms with Crippen LogP contribution in [0.1, 0.15) is 33.3 Å². The summed E-state index contributed by atoms with van der Waals surface area (Å²) in [5.74, 6) is -1.02. The molecular weight excluding hydrogens is 1090 g/mol. The maximum absolute atomic E-state index is 16.5. The number of phenolic OH excluding ortho intramolecular Hbond substituents is 1. The van der Waals surface area contributed by atoms with Crippen molar-refractivity contribution in [3.05, 3.63) is 119 Å². The number of aromatic hydroxyl groups is 1. The Morgan fingerprint density at radius 2 is 1.22 bits per heavy atom. The number of fused-ring (bicyclic) bond motifs is 4. The van der Waals surface area contributed by atoms with Gasteiger partial charge >= 0.3 is 6.18 Å². The summed E-state index contributed by atoms with van der Waals surface area (Å²) in [5.41, 5.74) is 2.57. The third-order valence-electron chi connectivity index (χ3n) is 13.3. The lowest BCUT2D eigenvalue weighted by Crippen LogP contribution is -2.48. The van der Waals surface area contributed by atoms with E-state index in [9.17, 15) is 27.9 Å². The first-order valence-corrected chi connectivity index (χ1v) is 27.2. The van der Waals surface area contributed by atoms with Crippen LogP contribution in [-0.2, 0) is 9.59 Å². The third kappa shape index (κ3) is 13.5. The number of rotatable bonds is 12. The van der Waals surface area contributed by atoms with E-state index in [0.29, 0.717) is 98.1 Å². The summed E-state index contributed by atoms with van der Waals surface area (Å²) in [7, 11) is 3.93. The summed E-state index contributed by atoms with van der Waals surface area (Å²) in [6.07, 6.45) is -0.450. The van der Waals surface area contributed by atoms with Gasteiger partial charge in [-0.2, -0.15) is 28.2 Å². The van der Waals surface area contributed by atoms with E-state index >= 15 is 8.78 Å². The van der Waals surface area contributed by atoms with Gasteiger partial charge in [0.25, 0.3) is 0 Å². The Morgan fingerprint density at radius 3 is 1.75 bits per heavy atom. The molecule has 81 heavy (non-hydrogen) atoms. The third-order valence-corrected chi connectivity index (χ3v) is 13.9. The highest BCUT2D eigenvalue weighted by molar-refractivity contribution is 6.35. The molecule has 0 bridgehead atoms. The van der Waals surface area contributed by atoms with Crippen LogP contribution in [0.5, 0.6) is 5.75 Å². The van der Waals surface area contributed by atoms with Crippen LogP contribution < -0.4 is 20.4 Å². The molecule has 10 rings (SSSR count). The van der Waals surface area contributed by atoms with Crippen molar-refractivity contribution in [3.63, 3.8) is 0 Å². The van der Waals surface area contributed by atoms with E-state index < -0.39 is 24.4 Å². The van der Waals surface area contributed by atoms with Crippen LogP contribution in [-0.4, -0.2) is 154 Å². The Labute approximate surface area is 476 Å². The monoisotopic (exact) mass is 1160 g/mol. The predicted molar refractivity (Wildman–Crippen MR) is 316 cm³/mol. The first-order chi connectivity index (χ1) is 38.8. The molecule has 0 aliphatic carbocycles. The molecule has 0 spiro atoms. The van der Waals surface area contributed by atoms with E-state index in [1.54, 1.807) is 46.0 Å². The van der Waals surface area contributed by atoms with Crippen molar-refractivity contribution in [1.29, 1.82) is 0 Å². The van der Waals surface area contributed by atoms with Gasteiger partial charge < -0.3 is 40.2 Å². The second-order valence-electron chi connectivity index (χ2n) is 18.7. The number of anilines is 4. The maximum Gasteiger partial charge on any atom is 0.405 e. The topological polar surface area (TPSA) is 175 Å². The maximum atomic E-state index is 16.5. The molecule has 5 aromatic carbocycles. The highest BCUT2D eigenvalue weighted by Gasteiger charge is 2.31. The van der Waals surface area contributed by atoms with Gasteiger partial charge in [-0.15, -0.1) is 0 Å². The van der Waals surface area contributed by atoms with Gasteiger partial charge in [0.1, 0.15) is 35.0 Å². The molecule has 428 valence electrons. The number of nitrogens with zero attached hydrogens (tertiary/aromatic N) is 10. The highest BCUT2D eigenvalue weighted by Crippen LogP contribution is 2.44. The number of hydrogen-bond donors (Lipinski definition) is 4. The van der Waals surface area contributed by atoms with Gasteiger partial charge in [0.2, 0.25) is 23.7 Å². The highest BCUT2D eigenvalue weighted by atomic mass is 35.5. The minimum absolute atomic E-state index is 0.0145. The number of alkyl halides is 3. The minimum atomic E-state index is -4.53. The summed E-state index contributed by atoms with van der Waals surface area (Å²) in [6, 6.07) is 17.4. The van der Waals surface area contributed by atoms with Crippen LogP contribution in [0, 0.1) is 18.6 Å². The SMILES string of the molecule is C=CC(=O)N1CCN(c2nc(NCC(F)(F)F)nc3c(F)c(-c4c(C)ccc5[nH]ncc45)c(Cl)cc23)CC1.C=CC(=O)N1CCN(c2nc(NCCN(C)C)nc3c(F)c(-c4cc(O)cc5ccccc45)c(Cl)cc23)CC1.CC.CC. The molecule has 3 aromatic heterocycles. The zero-order valence-electron chi connectivity index (χ0n) is 46.1. The fourth-order valence-corrected chi connectivity index (χ4v) is 10.1. The molecule has 16 nitrogen and oxygen atoms in total. The molecule has 2 aliphatic heterocycles. The van der Waals surface area contributed by atoms with E-state index in [1.165, 1.54) is 24.3 Å². The number of H-pyrrole nitrogens is 1. The molecular formula is C58H64Cl2F5N13O3. The van der Waals surface area contributed by atoms with Crippen molar-refractivity contribution in [2.45, 2.75) is 40.8 Å². The molecule has 0 unspecified atom stereocenters. The number of amides is 2. The van der Waals surface area contributed by atoms with Gasteiger partial charge in [0, 0.05) is 98.3 Å². The molecule has 2 fully saturated rings. The largest absolute Gasteiger partial charge is 0.508 e. The van der Waals surface area contributed by atoms with Crippen molar-refractivity contribution in [3.8, 4) is 28.0 Å². The van der Waals surface area contributed by atoms with E-state index in [-0.39, 0.29) is 66.9 Å². The van der Waals surface area contributed by atoms with Crippen LogP contribution in [0.25, 0.3) is 65.7 Å². The van der Waals surface area contributed by atoms with Gasteiger partial charge in [0.05, 0.1) is 21.8 Å². The second-order valence-corrected chi connectivity index (χ2v) is 19.5. The fraction of sp³-hybridized carbons (Fsp3) is 0.328. The number of piperazine rings is 2. The number of aromatic amines is 1. The zero-order valence-corrected chi connectivity index (χ0v) is 47.6. The quantitative estimate of drug-likeness (QED) is 0.0673. The lowest BCUT2D eigenvalue weighted by atomic mass is 9.95. The molecule has 2 saturated heterocycles. The Bertz CT molecular complexity index is 3600. The van der Waals surface area contributed by atoms with Gasteiger partial charge in [-0.3, -0.25) is 14.7 Å². The number of hydrogen-bond acceptors (Lipinski definition) is 13. The normalized spacial score (nSPS) is 13.6. The van der Waals surface area contributed by atoms with Crippen molar-refractivity contribution < 1.29 is 36.6 Å². The molecule has 0 radical (unpaired) electrons. The zero-order chi connectivity index (χ0) is 58.9. The first-order valence-electron chi connectivity index (χ1n) is 26.4. The number of halogens is 7. The average molecular weight is 1160 g/mol. The minimum Gasteiger partial charge on any atom is -0.508 e. The number of nitrogens with one attached hydrogen (secondary N) is 3. The van der Waals surface area contributed by atoms with Crippen LogP contribution in [0.2, 0.25) is 10.0 Å². The van der Waals surface area contributed by atoms with Gasteiger partial charge in [-0.1, -0.05) is 94.4 Å². The summed E-state index contributed by atoms with van der Waals surface area (Å²) in [5, 5.41) is 25.8. The smallest absolute Gasteiger partial charge is 0.405 e. The summed E-state index contributed by atoms with van der Waals surface area (Å²) in [6.45, 7) is 20.1. The standard InChI is InChI=1S/C29H30ClFN6O2.C25H22ClF4N7O.2C2H6/c1-4-24(39)36-11-13-37(14-12-36)28-22-17-23(30)25(21-16-19(38)15-18-7-5-6-8-20(18)21)26(31)27(22)33-29(34-28)32-9-10-35(2)3;1-3-18(38)36-6-8-37(9-7-36)23-14-10-16(26)20(19-13(2)4-5-17-15(19)11-32-35-17)21(27)22(14)33-24(34-23)31-12-25(28,29)30;2*1-2/h4-8,15-17,38H,1,9-14H2,2-3H3,(H,32,33,34);3-5,10-11H,1,6-9,12H2,2H3,(H,32,35)(H,31,33,34);2*1-2H3.